The summed E-state index contributed by atoms with van der Waals surface area (Å²) in [5.41, 5.74) is 2.44. The van der Waals surface area contributed by atoms with E-state index < -0.39 is 9.84 Å². The minimum Gasteiger partial charge on any atom is -0.312 e. The largest absolute Gasteiger partial charge is 0.312 e. The molecular formula is C16H25NO2S. The third-order valence-corrected chi connectivity index (χ3v) is 6.55. The Morgan fingerprint density at radius 1 is 1.25 bits per heavy atom. The minimum absolute atomic E-state index is 0.0634. The maximum atomic E-state index is 12.6. The fourth-order valence-electron chi connectivity index (χ4n) is 3.16. The zero-order valence-electron chi connectivity index (χ0n) is 12.4. The normalized spacial score (nSPS) is 22.5. The lowest BCUT2D eigenvalue weighted by Gasteiger charge is -2.33. The Hall–Kier alpha value is -0.870. The summed E-state index contributed by atoms with van der Waals surface area (Å²) in [4.78, 5) is 0. The second kappa shape index (κ2) is 6.72. The van der Waals surface area contributed by atoms with E-state index in [1.54, 1.807) is 0 Å². The second-order valence-corrected chi connectivity index (χ2v) is 7.96. The highest BCUT2D eigenvalue weighted by atomic mass is 32.2. The van der Waals surface area contributed by atoms with Crippen LogP contribution in [0.15, 0.2) is 24.3 Å². The van der Waals surface area contributed by atoms with Crippen molar-refractivity contribution in [2.75, 3.05) is 12.8 Å². The standard InChI is InChI=1S/C16H25NO2S/c1-3-4-7-12-20(18,19)15-11-10-13-8-5-6-9-14(13)16(15)17-2/h5-6,8-9,15-17H,3-4,7,10-12H2,1-2H3. The summed E-state index contributed by atoms with van der Waals surface area (Å²) in [6.07, 6.45) is 4.43. The minimum atomic E-state index is -3.02. The molecule has 0 bridgehead atoms. The molecule has 0 amide bonds. The summed E-state index contributed by atoms with van der Waals surface area (Å²) in [6.45, 7) is 2.10. The van der Waals surface area contributed by atoms with E-state index in [-0.39, 0.29) is 11.3 Å². The summed E-state index contributed by atoms with van der Waals surface area (Å²) < 4.78 is 25.2. The van der Waals surface area contributed by atoms with Gasteiger partial charge in [-0.3, -0.25) is 0 Å². The zero-order valence-corrected chi connectivity index (χ0v) is 13.2. The van der Waals surface area contributed by atoms with Gasteiger partial charge in [0, 0.05) is 6.04 Å². The Balaban J connectivity index is 2.21. The van der Waals surface area contributed by atoms with Gasteiger partial charge in [0.25, 0.3) is 0 Å². The van der Waals surface area contributed by atoms with E-state index in [1.807, 2.05) is 19.2 Å². The molecule has 0 saturated carbocycles. The van der Waals surface area contributed by atoms with E-state index in [1.165, 1.54) is 5.56 Å². The van der Waals surface area contributed by atoms with Crippen molar-refractivity contribution in [1.82, 2.24) is 5.32 Å². The van der Waals surface area contributed by atoms with Crippen LogP contribution in [0, 0.1) is 0 Å². The van der Waals surface area contributed by atoms with Crippen molar-refractivity contribution in [2.24, 2.45) is 0 Å². The van der Waals surface area contributed by atoms with Crippen molar-refractivity contribution in [1.29, 1.82) is 0 Å². The molecule has 0 radical (unpaired) electrons. The van der Waals surface area contributed by atoms with Crippen LogP contribution in [-0.2, 0) is 16.3 Å². The van der Waals surface area contributed by atoms with Crippen LogP contribution in [0.2, 0.25) is 0 Å². The van der Waals surface area contributed by atoms with Crippen LogP contribution in [0.1, 0.15) is 49.8 Å². The van der Waals surface area contributed by atoms with E-state index in [4.69, 9.17) is 0 Å². The van der Waals surface area contributed by atoms with Crippen molar-refractivity contribution >= 4 is 9.84 Å². The number of aryl methyl sites for hydroxylation is 1. The van der Waals surface area contributed by atoms with Gasteiger partial charge in [-0.25, -0.2) is 8.42 Å². The van der Waals surface area contributed by atoms with Crippen LogP contribution in [-0.4, -0.2) is 26.5 Å². The van der Waals surface area contributed by atoms with Crippen molar-refractivity contribution in [3.63, 3.8) is 0 Å². The number of unbranched alkanes of at least 4 members (excludes halogenated alkanes) is 2. The smallest absolute Gasteiger partial charge is 0.155 e. The molecule has 0 saturated heterocycles. The van der Waals surface area contributed by atoms with E-state index in [9.17, 15) is 8.42 Å². The topological polar surface area (TPSA) is 46.2 Å². The van der Waals surface area contributed by atoms with Gasteiger partial charge in [-0.15, -0.1) is 0 Å². The fourth-order valence-corrected chi connectivity index (χ4v) is 5.25. The van der Waals surface area contributed by atoms with Crippen LogP contribution in [0.25, 0.3) is 0 Å². The molecule has 2 unspecified atom stereocenters. The molecule has 0 aliphatic heterocycles. The van der Waals surface area contributed by atoms with Gasteiger partial charge < -0.3 is 5.32 Å². The maximum absolute atomic E-state index is 12.6. The van der Waals surface area contributed by atoms with Crippen molar-refractivity contribution in [3.8, 4) is 0 Å². The zero-order chi connectivity index (χ0) is 14.6. The van der Waals surface area contributed by atoms with Crippen LogP contribution < -0.4 is 5.32 Å². The molecule has 4 heteroatoms. The summed E-state index contributed by atoms with van der Waals surface area (Å²) in [5.74, 6) is 0.325. The molecule has 112 valence electrons. The Morgan fingerprint density at radius 2 is 2.00 bits per heavy atom. The number of hydrogen-bond donors (Lipinski definition) is 1. The molecule has 0 aromatic heterocycles. The first-order valence-corrected chi connectivity index (χ1v) is 9.28. The van der Waals surface area contributed by atoms with E-state index >= 15 is 0 Å². The van der Waals surface area contributed by atoms with E-state index in [0.717, 1.165) is 37.7 Å². The predicted octanol–water partition coefficient (Wildman–Crippen LogP) is 2.87. The quantitative estimate of drug-likeness (QED) is 0.821. The van der Waals surface area contributed by atoms with Crippen LogP contribution in [0.3, 0.4) is 0 Å². The molecule has 0 spiro atoms. The van der Waals surface area contributed by atoms with Gasteiger partial charge in [-0.1, -0.05) is 44.0 Å². The molecule has 1 aliphatic carbocycles. The molecule has 1 aromatic carbocycles. The molecule has 1 aromatic rings. The van der Waals surface area contributed by atoms with Gasteiger partial charge in [-0.05, 0) is 37.4 Å². The Labute approximate surface area is 122 Å². The highest BCUT2D eigenvalue weighted by Gasteiger charge is 2.36. The molecular weight excluding hydrogens is 270 g/mol. The molecule has 2 atom stereocenters. The van der Waals surface area contributed by atoms with Gasteiger partial charge in [0.2, 0.25) is 0 Å². The molecule has 20 heavy (non-hydrogen) atoms. The Kier molecular flexibility index (Phi) is 5.22. The third kappa shape index (κ3) is 3.23. The first kappa shape index (κ1) is 15.5. The van der Waals surface area contributed by atoms with E-state index in [2.05, 4.69) is 24.4 Å². The second-order valence-electron chi connectivity index (χ2n) is 5.62. The highest BCUT2D eigenvalue weighted by Crippen LogP contribution is 2.34. The number of sulfone groups is 1. The molecule has 1 N–H and O–H groups in total. The molecule has 0 heterocycles. The summed E-state index contributed by atoms with van der Waals surface area (Å²) in [5, 5.41) is 2.95. The monoisotopic (exact) mass is 295 g/mol. The van der Waals surface area contributed by atoms with Crippen LogP contribution >= 0.6 is 0 Å². The molecule has 3 nitrogen and oxygen atoms in total. The number of rotatable bonds is 6. The fraction of sp³-hybridized carbons (Fsp3) is 0.625. The highest BCUT2D eigenvalue weighted by molar-refractivity contribution is 7.92. The first-order valence-electron chi connectivity index (χ1n) is 7.56. The van der Waals surface area contributed by atoms with Crippen molar-refractivity contribution < 1.29 is 8.42 Å². The summed E-state index contributed by atoms with van der Waals surface area (Å²) in [6, 6.07) is 8.13. The third-order valence-electron chi connectivity index (χ3n) is 4.26. The van der Waals surface area contributed by atoms with Gasteiger partial charge in [-0.2, -0.15) is 0 Å². The number of nitrogens with one attached hydrogen (secondary N) is 1. The van der Waals surface area contributed by atoms with Crippen molar-refractivity contribution in [3.05, 3.63) is 35.4 Å². The first-order chi connectivity index (χ1) is 9.60. The van der Waals surface area contributed by atoms with Crippen LogP contribution in [0.4, 0.5) is 0 Å². The van der Waals surface area contributed by atoms with Gasteiger partial charge in [0.1, 0.15) is 0 Å². The maximum Gasteiger partial charge on any atom is 0.155 e. The van der Waals surface area contributed by atoms with Crippen LogP contribution in [0.5, 0.6) is 0 Å². The summed E-state index contributed by atoms with van der Waals surface area (Å²) in [7, 11) is -1.16. The Bertz CT molecular complexity index is 539. The lowest BCUT2D eigenvalue weighted by Crippen LogP contribution is -2.40. The Morgan fingerprint density at radius 3 is 2.70 bits per heavy atom. The predicted molar refractivity (Wildman–Crippen MR) is 83.7 cm³/mol. The van der Waals surface area contributed by atoms with Gasteiger partial charge in [0.05, 0.1) is 11.0 Å². The lowest BCUT2D eigenvalue weighted by molar-refractivity contribution is 0.474. The number of fused-ring (bicyclic) bond motifs is 1. The number of benzene rings is 1. The molecule has 0 fully saturated rings. The number of hydrogen-bond acceptors (Lipinski definition) is 3. The SMILES string of the molecule is CCCCCS(=O)(=O)C1CCc2ccccc2C1NC. The van der Waals surface area contributed by atoms with Gasteiger partial charge >= 0.3 is 0 Å². The van der Waals surface area contributed by atoms with E-state index in [0.29, 0.717) is 5.75 Å². The van der Waals surface area contributed by atoms with Crippen molar-refractivity contribution in [2.45, 2.75) is 50.3 Å². The molecule has 1 aliphatic rings. The average Bonchev–Trinajstić information content (AvgIpc) is 2.46. The van der Waals surface area contributed by atoms with Gasteiger partial charge in [0.15, 0.2) is 9.84 Å². The molecule has 2 rings (SSSR count). The lowest BCUT2D eigenvalue weighted by atomic mass is 9.87. The summed E-state index contributed by atoms with van der Waals surface area (Å²) >= 11 is 0. The average molecular weight is 295 g/mol.